The summed E-state index contributed by atoms with van der Waals surface area (Å²) in [4.78, 5) is 0. The molecule has 0 bridgehead atoms. The molecule has 0 radical (unpaired) electrons. The number of aromatic nitrogens is 2. The number of hydrogen-bond donors (Lipinski definition) is 1. The molecule has 17 heavy (non-hydrogen) atoms. The van der Waals surface area contributed by atoms with E-state index in [1.165, 1.54) is 0 Å². The molecule has 98 valence electrons. The third-order valence-electron chi connectivity index (χ3n) is 2.98. The van der Waals surface area contributed by atoms with Crippen molar-refractivity contribution in [3.05, 3.63) is 17.0 Å². The lowest BCUT2D eigenvalue weighted by Gasteiger charge is -2.09. The standard InChI is InChI=1S/C13H24N2O2/c1-5-11-13(10(3)16)12(6-2)15(14-11)8-7-9-17-4/h10,16H,5-9H2,1-4H3. The number of hydrogen-bond acceptors (Lipinski definition) is 3. The van der Waals surface area contributed by atoms with Gasteiger partial charge in [0.15, 0.2) is 0 Å². The maximum atomic E-state index is 9.85. The summed E-state index contributed by atoms with van der Waals surface area (Å²) in [7, 11) is 1.71. The quantitative estimate of drug-likeness (QED) is 0.742. The minimum Gasteiger partial charge on any atom is -0.389 e. The molecule has 0 spiro atoms. The summed E-state index contributed by atoms with van der Waals surface area (Å²) in [5.74, 6) is 0. The molecule has 1 aromatic rings. The summed E-state index contributed by atoms with van der Waals surface area (Å²) in [6.07, 6.45) is 2.29. The lowest BCUT2D eigenvalue weighted by atomic mass is 10.0. The Bertz CT molecular complexity index is 345. The maximum absolute atomic E-state index is 9.85. The Morgan fingerprint density at radius 2 is 2.06 bits per heavy atom. The minimum atomic E-state index is -0.434. The molecule has 1 aromatic heterocycles. The number of ether oxygens (including phenoxy) is 1. The summed E-state index contributed by atoms with van der Waals surface area (Å²) in [6, 6.07) is 0. The van der Waals surface area contributed by atoms with Crippen LogP contribution in [-0.4, -0.2) is 28.6 Å². The van der Waals surface area contributed by atoms with Crippen molar-refractivity contribution in [3.8, 4) is 0 Å². The van der Waals surface area contributed by atoms with Gasteiger partial charge in [-0.05, 0) is 26.2 Å². The van der Waals surface area contributed by atoms with Gasteiger partial charge in [0.05, 0.1) is 11.8 Å². The Labute approximate surface area is 104 Å². The topological polar surface area (TPSA) is 47.3 Å². The van der Waals surface area contributed by atoms with E-state index >= 15 is 0 Å². The van der Waals surface area contributed by atoms with Crippen LogP contribution in [0.15, 0.2) is 0 Å². The number of rotatable bonds is 7. The predicted molar refractivity (Wildman–Crippen MR) is 68.1 cm³/mol. The number of methoxy groups -OCH3 is 1. The van der Waals surface area contributed by atoms with Gasteiger partial charge in [-0.1, -0.05) is 13.8 Å². The van der Waals surface area contributed by atoms with E-state index < -0.39 is 6.10 Å². The van der Waals surface area contributed by atoms with Crippen LogP contribution in [0.2, 0.25) is 0 Å². The first-order valence-electron chi connectivity index (χ1n) is 6.41. The molecule has 0 saturated heterocycles. The molecule has 0 fully saturated rings. The second kappa shape index (κ2) is 6.77. The minimum absolute atomic E-state index is 0.434. The fourth-order valence-electron chi connectivity index (χ4n) is 2.23. The van der Waals surface area contributed by atoms with Gasteiger partial charge in [0, 0.05) is 31.5 Å². The van der Waals surface area contributed by atoms with Crippen molar-refractivity contribution < 1.29 is 9.84 Å². The Morgan fingerprint density at radius 3 is 2.53 bits per heavy atom. The summed E-state index contributed by atoms with van der Waals surface area (Å²) in [6.45, 7) is 7.60. The van der Waals surface area contributed by atoms with Gasteiger partial charge in [0.25, 0.3) is 0 Å². The predicted octanol–water partition coefficient (Wildman–Crippen LogP) is 2.10. The molecule has 0 aromatic carbocycles. The molecule has 0 amide bonds. The largest absolute Gasteiger partial charge is 0.389 e. The van der Waals surface area contributed by atoms with E-state index in [-0.39, 0.29) is 0 Å². The molecular formula is C13H24N2O2. The van der Waals surface area contributed by atoms with Crippen LogP contribution in [0.3, 0.4) is 0 Å². The first-order valence-corrected chi connectivity index (χ1v) is 6.41. The van der Waals surface area contributed by atoms with Crippen LogP contribution in [0.1, 0.15) is 50.2 Å². The van der Waals surface area contributed by atoms with E-state index in [4.69, 9.17) is 4.74 Å². The van der Waals surface area contributed by atoms with Crippen LogP contribution >= 0.6 is 0 Å². The first-order chi connectivity index (χ1) is 8.15. The molecule has 1 N–H and O–H groups in total. The van der Waals surface area contributed by atoms with Gasteiger partial charge < -0.3 is 9.84 Å². The molecule has 0 saturated carbocycles. The highest BCUT2D eigenvalue weighted by molar-refractivity contribution is 5.28. The molecule has 0 aliphatic carbocycles. The highest BCUT2D eigenvalue weighted by atomic mass is 16.5. The highest BCUT2D eigenvalue weighted by Gasteiger charge is 2.18. The van der Waals surface area contributed by atoms with E-state index in [1.807, 2.05) is 11.6 Å². The second-order valence-corrected chi connectivity index (χ2v) is 4.26. The van der Waals surface area contributed by atoms with Gasteiger partial charge in [-0.2, -0.15) is 5.10 Å². The molecular weight excluding hydrogens is 216 g/mol. The van der Waals surface area contributed by atoms with Gasteiger partial charge in [-0.25, -0.2) is 0 Å². The fourth-order valence-corrected chi connectivity index (χ4v) is 2.23. The molecule has 0 aliphatic rings. The Morgan fingerprint density at radius 1 is 1.35 bits per heavy atom. The molecule has 4 nitrogen and oxygen atoms in total. The smallest absolute Gasteiger partial charge is 0.0798 e. The summed E-state index contributed by atoms with van der Waals surface area (Å²) < 4.78 is 7.09. The number of nitrogens with zero attached hydrogens (tertiary/aromatic N) is 2. The summed E-state index contributed by atoms with van der Waals surface area (Å²) in [5, 5.41) is 14.4. The maximum Gasteiger partial charge on any atom is 0.0798 e. The molecule has 0 aliphatic heterocycles. The molecule has 1 unspecified atom stereocenters. The average Bonchev–Trinajstić information content (AvgIpc) is 2.67. The SMILES string of the molecule is CCc1nn(CCCOC)c(CC)c1C(C)O. The molecule has 4 heteroatoms. The lowest BCUT2D eigenvalue weighted by molar-refractivity contribution is 0.188. The molecule has 1 atom stereocenters. The number of aliphatic hydroxyl groups excluding tert-OH is 1. The summed E-state index contributed by atoms with van der Waals surface area (Å²) in [5.41, 5.74) is 3.20. The zero-order valence-corrected chi connectivity index (χ0v) is 11.4. The normalized spacial score (nSPS) is 13.0. The van der Waals surface area contributed by atoms with Crippen molar-refractivity contribution in [2.75, 3.05) is 13.7 Å². The van der Waals surface area contributed by atoms with E-state index in [0.29, 0.717) is 0 Å². The zero-order chi connectivity index (χ0) is 12.8. The van der Waals surface area contributed by atoms with Crippen LogP contribution in [-0.2, 0) is 24.1 Å². The first kappa shape index (κ1) is 14.2. The van der Waals surface area contributed by atoms with Crippen molar-refractivity contribution in [2.24, 2.45) is 0 Å². The van der Waals surface area contributed by atoms with Gasteiger partial charge in [0.1, 0.15) is 0 Å². The lowest BCUT2D eigenvalue weighted by Crippen LogP contribution is -2.08. The Balaban J connectivity index is 2.96. The van der Waals surface area contributed by atoms with E-state index in [0.717, 1.165) is 49.4 Å². The number of aliphatic hydroxyl groups is 1. The Hall–Kier alpha value is -0.870. The highest BCUT2D eigenvalue weighted by Crippen LogP contribution is 2.23. The fraction of sp³-hybridized carbons (Fsp3) is 0.769. The second-order valence-electron chi connectivity index (χ2n) is 4.26. The number of aryl methyl sites for hydroxylation is 2. The van der Waals surface area contributed by atoms with E-state index in [2.05, 4.69) is 18.9 Å². The van der Waals surface area contributed by atoms with Crippen LogP contribution in [0.25, 0.3) is 0 Å². The van der Waals surface area contributed by atoms with E-state index in [1.54, 1.807) is 7.11 Å². The van der Waals surface area contributed by atoms with Crippen LogP contribution in [0.5, 0.6) is 0 Å². The van der Waals surface area contributed by atoms with Gasteiger partial charge in [-0.15, -0.1) is 0 Å². The van der Waals surface area contributed by atoms with Crippen LogP contribution < -0.4 is 0 Å². The zero-order valence-electron chi connectivity index (χ0n) is 11.4. The van der Waals surface area contributed by atoms with Crippen LogP contribution in [0, 0.1) is 0 Å². The van der Waals surface area contributed by atoms with Crippen molar-refractivity contribution in [2.45, 2.75) is 52.7 Å². The third-order valence-corrected chi connectivity index (χ3v) is 2.98. The monoisotopic (exact) mass is 240 g/mol. The van der Waals surface area contributed by atoms with Crippen molar-refractivity contribution in [1.29, 1.82) is 0 Å². The molecule has 1 rings (SSSR count). The molecule has 1 heterocycles. The van der Waals surface area contributed by atoms with Gasteiger partial charge >= 0.3 is 0 Å². The van der Waals surface area contributed by atoms with E-state index in [9.17, 15) is 5.11 Å². The van der Waals surface area contributed by atoms with Crippen LogP contribution in [0.4, 0.5) is 0 Å². The summed E-state index contributed by atoms with van der Waals surface area (Å²) >= 11 is 0. The van der Waals surface area contributed by atoms with Gasteiger partial charge in [-0.3, -0.25) is 4.68 Å². The Kier molecular flexibility index (Phi) is 5.65. The average molecular weight is 240 g/mol. The van der Waals surface area contributed by atoms with Crippen molar-refractivity contribution >= 4 is 0 Å². The van der Waals surface area contributed by atoms with Crippen molar-refractivity contribution in [1.82, 2.24) is 9.78 Å². The third kappa shape index (κ3) is 3.30. The van der Waals surface area contributed by atoms with Gasteiger partial charge in [0.2, 0.25) is 0 Å². The van der Waals surface area contributed by atoms with Crippen molar-refractivity contribution in [3.63, 3.8) is 0 Å².